The maximum absolute atomic E-state index is 11.6. The Kier molecular flexibility index (Phi) is 4.56. The van der Waals surface area contributed by atoms with Gasteiger partial charge in [0, 0.05) is 6.07 Å². The molecule has 0 saturated carbocycles. The summed E-state index contributed by atoms with van der Waals surface area (Å²) in [6.07, 6.45) is 0.132. The molecule has 1 atom stereocenters. The maximum Gasteiger partial charge on any atom is 0.311 e. The van der Waals surface area contributed by atoms with Crippen LogP contribution in [0, 0.1) is 6.92 Å². The van der Waals surface area contributed by atoms with E-state index in [1.54, 1.807) is 25.3 Å². The number of benzene rings is 2. The van der Waals surface area contributed by atoms with Gasteiger partial charge in [-0.1, -0.05) is 18.2 Å². The molecule has 2 aromatic rings. The molecule has 5 nitrogen and oxygen atoms in total. The standard InChI is InChI=1S/C17H18O5/c1-10-7-11(4-6-16(10)22-2)14(17(20)21)8-12-3-5-13(18)9-15(12)19/h3-7,9,14,18-19H,8H2,1-2H3,(H,20,21). The summed E-state index contributed by atoms with van der Waals surface area (Å²) >= 11 is 0. The van der Waals surface area contributed by atoms with Crippen LogP contribution in [0.25, 0.3) is 0 Å². The van der Waals surface area contributed by atoms with Crippen molar-refractivity contribution in [1.29, 1.82) is 0 Å². The van der Waals surface area contributed by atoms with Gasteiger partial charge < -0.3 is 20.1 Å². The Morgan fingerprint density at radius 1 is 1.18 bits per heavy atom. The highest BCUT2D eigenvalue weighted by atomic mass is 16.5. The van der Waals surface area contributed by atoms with Crippen LogP contribution in [0.15, 0.2) is 36.4 Å². The normalized spacial score (nSPS) is 11.9. The van der Waals surface area contributed by atoms with Crippen LogP contribution in [0.1, 0.15) is 22.6 Å². The van der Waals surface area contributed by atoms with E-state index in [0.717, 1.165) is 5.56 Å². The zero-order valence-electron chi connectivity index (χ0n) is 12.4. The molecule has 1 unspecified atom stereocenters. The fourth-order valence-electron chi connectivity index (χ4n) is 2.41. The number of aryl methyl sites for hydroxylation is 1. The summed E-state index contributed by atoms with van der Waals surface area (Å²) < 4.78 is 5.18. The number of phenols is 2. The number of methoxy groups -OCH3 is 1. The molecule has 0 aliphatic heterocycles. The lowest BCUT2D eigenvalue weighted by atomic mass is 9.90. The summed E-state index contributed by atoms with van der Waals surface area (Å²) in [6, 6.07) is 9.37. The third kappa shape index (κ3) is 3.31. The summed E-state index contributed by atoms with van der Waals surface area (Å²) in [7, 11) is 1.56. The first-order chi connectivity index (χ1) is 10.4. The lowest BCUT2D eigenvalue weighted by Gasteiger charge is -2.15. The number of ether oxygens (including phenoxy) is 1. The van der Waals surface area contributed by atoms with E-state index in [4.69, 9.17) is 4.74 Å². The number of aliphatic carboxylic acids is 1. The molecule has 2 rings (SSSR count). The number of rotatable bonds is 5. The van der Waals surface area contributed by atoms with Gasteiger partial charge in [-0.05, 0) is 42.2 Å². The van der Waals surface area contributed by atoms with E-state index >= 15 is 0 Å². The Bertz CT molecular complexity index is 693. The fraction of sp³-hybridized carbons (Fsp3) is 0.235. The first kappa shape index (κ1) is 15.7. The van der Waals surface area contributed by atoms with E-state index in [9.17, 15) is 20.1 Å². The molecule has 0 aliphatic rings. The number of carboxylic acids is 1. The lowest BCUT2D eigenvalue weighted by molar-refractivity contribution is -0.138. The second-order valence-corrected chi connectivity index (χ2v) is 5.14. The van der Waals surface area contributed by atoms with Crippen molar-refractivity contribution in [2.24, 2.45) is 0 Å². The summed E-state index contributed by atoms with van der Waals surface area (Å²) in [6.45, 7) is 1.85. The van der Waals surface area contributed by atoms with Crippen molar-refractivity contribution in [2.75, 3.05) is 7.11 Å². The van der Waals surface area contributed by atoms with E-state index in [1.807, 2.05) is 6.92 Å². The van der Waals surface area contributed by atoms with Crippen LogP contribution < -0.4 is 4.74 Å². The molecule has 0 spiro atoms. The van der Waals surface area contributed by atoms with Crippen LogP contribution in [-0.4, -0.2) is 28.4 Å². The van der Waals surface area contributed by atoms with Gasteiger partial charge in [0.2, 0.25) is 0 Å². The van der Waals surface area contributed by atoms with Crippen molar-refractivity contribution in [3.8, 4) is 17.2 Å². The van der Waals surface area contributed by atoms with E-state index in [0.29, 0.717) is 16.9 Å². The molecule has 0 heterocycles. The quantitative estimate of drug-likeness (QED) is 0.790. The van der Waals surface area contributed by atoms with Crippen LogP contribution in [0.4, 0.5) is 0 Å². The Hall–Kier alpha value is -2.69. The highest BCUT2D eigenvalue weighted by Crippen LogP contribution is 2.30. The summed E-state index contributed by atoms with van der Waals surface area (Å²) in [5.74, 6) is -1.25. The van der Waals surface area contributed by atoms with Crippen LogP contribution in [0.2, 0.25) is 0 Å². The predicted molar refractivity (Wildman–Crippen MR) is 81.6 cm³/mol. The zero-order valence-corrected chi connectivity index (χ0v) is 12.4. The van der Waals surface area contributed by atoms with Crippen LogP contribution >= 0.6 is 0 Å². The van der Waals surface area contributed by atoms with Crippen LogP contribution in [0.3, 0.4) is 0 Å². The number of carboxylic acid groups (broad SMARTS) is 1. The van der Waals surface area contributed by atoms with Crippen molar-refractivity contribution in [3.63, 3.8) is 0 Å². The summed E-state index contributed by atoms with van der Waals surface area (Å²) in [5, 5.41) is 28.6. The molecule has 0 aliphatic carbocycles. The smallest absolute Gasteiger partial charge is 0.311 e. The molecule has 0 amide bonds. The number of hydrogen-bond donors (Lipinski definition) is 3. The average Bonchev–Trinajstić information content (AvgIpc) is 2.46. The molecule has 0 aromatic heterocycles. The largest absolute Gasteiger partial charge is 0.508 e. The average molecular weight is 302 g/mol. The minimum atomic E-state index is -0.975. The van der Waals surface area contributed by atoms with Crippen LogP contribution in [0.5, 0.6) is 17.2 Å². The highest BCUT2D eigenvalue weighted by Gasteiger charge is 2.22. The Morgan fingerprint density at radius 2 is 1.91 bits per heavy atom. The zero-order chi connectivity index (χ0) is 16.3. The number of carbonyl (C=O) groups is 1. The Labute approximate surface area is 128 Å². The predicted octanol–water partition coefficient (Wildman–Crippen LogP) is 2.83. The van der Waals surface area contributed by atoms with Crippen molar-refractivity contribution in [2.45, 2.75) is 19.3 Å². The van der Waals surface area contributed by atoms with Gasteiger partial charge in [0.05, 0.1) is 13.0 Å². The molecule has 0 bridgehead atoms. The molecule has 3 N–H and O–H groups in total. The van der Waals surface area contributed by atoms with Gasteiger partial charge in [-0.3, -0.25) is 4.79 Å². The van der Waals surface area contributed by atoms with Gasteiger partial charge in [-0.25, -0.2) is 0 Å². The third-order valence-electron chi connectivity index (χ3n) is 3.61. The van der Waals surface area contributed by atoms with E-state index < -0.39 is 11.9 Å². The minimum Gasteiger partial charge on any atom is -0.508 e. The van der Waals surface area contributed by atoms with E-state index in [-0.39, 0.29) is 17.9 Å². The number of phenolic OH excluding ortho intramolecular Hbond substituents is 2. The van der Waals surface area contributed by atoms with Crippen LogP contribution in [-0.2, 0) is 11.2 Å². The first-order valence-electron chi connectivity index (χ1n) is 6.80. The van der Waals surface area contributed by atoms with Gasteiger partial charge >= 0.3 is 5.97 Å². The van der Waals surface area contributed by atoms with Gasteiger partial charge in [0.15, 0.2) is 0 Å². The molecule has 0 radical (unpaired) electrons. The first-order valence-corrected chi connectivity index (χ1v) is 6.80. The van der Waals surface area contributed by atoms with Crippen molar-refractivity contribution < 1.29 is 24.9 Å². The second kappa shape index (κ2) is 6.39. The molecule has 5 heteroatoms. The number of hydrogen-bond acceptors (Lipinski definition) is 4. The topological polar surface area (TPSA) is 87.0 Å². The monoisotopic (exact) mass is 302 g/mol. The lowest BCUT2D eigenvalue weighted by Crippen LogP contribution is -2.14. The second-order valence-electron chi connectivity index (χ2n) is 5.14. The summed E-state index contributed by atoms with van der Waals surface area (Å²) in [5.41, 5.74) is 1.96. The SMILES string of the molecule is COc1ccc(C(Cc2ccc(O)cc2O)C(=O)O)cc1C. The minimum absolute atomic E-state index is 0.0617. The molecular formula is C17H18O5. The Balaban J connectivity index is 2.34. The fourth-order valence-corrected chi connectivity index (χ4v) is 2.41. The van der Waals surface area contributed by atoms with Gasteiger partial charge in [-0.2, -0.15) is 0 Å². The van der Waals surface area contributed by atoms with E-state index in [2.05, 4.69) is 0 Å². The summed E-state index contributed by atoms with van der Waals surface area (Å²) in [4.78, 5) is 11.6. The van der Waals surface area contributed by atoms with Crippen molar-refractivity contribution in [3.05, 3.63) is 53.1 Å². The molecule has 22 heavy (non-hydrogen) atoms. The maximum atomic E-state index is 11.6. The van der Waals surface area contributed by atoms with Gasteiger partial charge in [0.25, 0.3) is 0 Å². The Morgan fingerprint density at radius 3 is 2.45 bits per heavy atom. The molecule has 0 fully saturated rings. The number of aromatic hydroxyl groups is 2. The van der Waals surface area contributed by atoms with E-state index in [1.165, 1.54) is 18.2 Å². The molecule has 116 valence electrons. The van der Waals surface area contributed by atoms with Crippen molar-refractivity contribution in [1.82, 2.24) is 0 Å². The van der Waals surface area contributed by atoms with Gasteiger partial charge in [-0.15, -0.1) is 0 Å². The highest BCUT2D eigenvalue weighted by molar-refractivity contribution is 5.77. The molecule has 0 saturated heterocycles. The van der Waals surface area contributed by atoms with Crippen molar-refractivity contribution >= 4 is 5.97 Å². The molecular weight excluding hydrogens is 284 g/mol. The van der Waals surface area contributed by atoms with Gasteiger partial charge in [0.1, 0.15) is 17.2 Å². The molecule has 2 aromatic carbocycles. The third-order valence-corrected chi connectivity index (χ3v) is 3.61.